The third kappa shape index (κ3) is 3.11. The fourth-order valence-electron chi connectivity index (χ4n) is 1.73. The zero-order valence-corrected chi connectivity index (χ0v) is 11.2. The Balaban J connectivity index is 2.24. The molecule has 0 aliphatic carbocycles. The van der Waals surface area contributed by atoms with Gasteiger partial charge in [-0.1, -0.05) is 23.2 Å². The number of halogens is 2. The van der Waals surface area contributed by atoms with Crippen LogP contribution in [0, 0.1) is 0 Å². The van der Waals surface area contributed by atoms with Gasteiger partial charge in [0.15, 0.2) is 0 Å². The topological polar surface area (TPSA) is 58.2 Å². The molecule has 0 radical (unpaired) electrons. The summed E-state index contributed by atoms with van der Waals surface area (Å²) in [4.78, 5) is 0.0652. The number of hydrogen-bond donors (Lipinski definition) is 2. The highest BCUT2D eigenvalue weighted by atomic mass is 35.5. The zero-order valence-electron chi connectivity index (χ0n) is 8.91. The Morgan fingerprint density at radius 1 is 1.35 bits per heavy atom. The van der Waals surface area contributed by atoms with E-state index in [1.807, 2.05) is 0 Å². The van der Waals surface area contributed by atoms with Crippen LogP contribution in [0.4, 0.5) is 0 Å². The molecule has 1 fully saturated rings. The first-order valence-electron chi connectivity index (χ1n) is 5.17. The fraction of sp³-hybridized carbons (Fsp3) is 0.400. The third-order valence-corrected chi connectivity index (χ3v) is 4.80. The van der Waals surface area contributed by atoms with Crippen LogP contribution < -0.4 is 10.0 Å². The maximum atomic E-state index is 12.1. The average Bonchev–Trinajstić information content (AvgIpc) is 2.68. The Hall–Kier alpha value is -0.330. The summed E-state index contributed by atoms with van der Waals surface area (Å²) in [6.45, 7) is 1.46. The van der Waals surface area contributed by atoms with Gasteiger partial charge in [-0.25, -0.2) is 13.1 Å². The monoisotopic (exact) mass is 294 g/mol. The number of hydrogen-bond acceptors (Lipinski definition) is 3. The zero-order chi connectivity index (χ0) is 12.5. The smallest absolute Gasteiger partial charge is 0.242 e. The lowest BCUT2D eigenvalue weighted by atomic mass is 10.3. The van der Waals surface area contributed by atoms with Crippen LogP contribution in [0.25, 0.3) is 0 Å². The van der Waals surface area contributed by atoms with Crippen LogP contribution in [0.5, 0.6) is 0 Å². The summed E-state index contributed by atoms with van der Waals surface area (Å²) >= 11 is 11.6. The minimum Gasteiger partial charge on any atom is -0.315 e. The van der Waals surface area contributed by atoms with Crippen molar-refractivity contribution in [3.05, 3.63) is 28.2 Å². The van der Waals surface area contributed by atoms with Crippen molar-refractivity contribution >= 4 is 33.2 Å². The van der Waals surface area contributed by atoms with Crippen molar-refractivity contribution in [1.82, 2.24) is 10.0 Å². The SMILES string of the molecule is O=S(=O)(N[C@H]1CCNC1)c1ccc(Cl)cc1Cl. The summed E-state index contributed by atoms with van der Waals surface area (Å²) in [5, 5.41) is 3.64. The second-order valence-corrected chi connectivity index (χ2v) is 6.41. The first-order chi connectivity index (χ1) is 7.99. The molecule has 0 spiro atoms. The van der Waals surface area contributed by atoms with E-state index < -0.39 is 10.0 Å². The molecular weight excluding hydrogens is 283 g/mol. The number of sulfonamides is 1. The second kappa shape index (κ2) is 5.12. The molecule has 0 aromatic heterocycles. The van der Waals surface area contributed by atoms with Crippen LogP contribution in [0.2, 0.25) is 10.0 Å². The first-order valence-corrected chi connectivity index (χ1v) is 7.41. The predicted molar refractivity (Wildman–Crippen MR) is 68.1 cm³/mol. The normalized spacial score (nSPS) is 20.7. The van der Waals surface area contributed by atoms with Gasteiger partial charge in [0.1, 0.15) is 4.90 Å². The van der Waals surface area contributed by atoms with Crippen molar-refractivity contribution in [2.24, 2.45) is 0 Å². The lowest BCUT2D eigenvalue weighted by molar-refractivity contribution is 0.560. The molecule has 1 aliphatic rings. The molecule has 0 saturated carbocycles. The second-order valence-electron chi connectivity index (χ2n) is 3.89. The highest BCUT2D eigenvalue weighted by Crippen LogP contribution is 2.25. The van der Waals surface area contributed by atoms with Crippen LogP contribution in [0.15, 0.2) is 23.1 Å². The third-order valence-electron chi connectivity index (χ3n) is 2.57. The maximum absolute atomic E-state index is 12.1. The summed E-state index contributed by atoms with van der Waals surface area (Å²) < 4.78 is 26.7. The van der Waals surface area contributed by atoms with Crippen molar-refractivity contribution in [2.75, 3.05) is 13.1 Å². The summed E-state index contributed by atoms with van der Waals surface area (Å²) in [5.74, 6) is 0. The summed E-state index contributed by atoms with van der Waals surface area (Å²) in [6.07, 6.45) is 0.782. The molecule has 1 atom stereocenters. The molecule has 1 saturated heterocycles. The van der Waals surface area contributed by atoms with E-state index in [4.69, 9.17) is 23.2 Å². The molecular formula is C10H12Cl2N2O2S. The van der Waals surface area contributed by atoms with E-state index in [1.54, 1.807) is 0 Å². The molecule has 1 aliphatic heterocycles. The van der Waals surface area contributed by atoms with Crippen molar-refractivity contribution in [1.29, 1.82) is 0 Å². The van der Waals surface area contributed by atoms with Gasteiger partial charge >= 0.3 is 0 Å². The lowest BCUT2D eigenvalue weighted by Gasteiger charge is -2.13. The molecule has 94 valence electrons. The Bertz CT molecular complexity index is 513. The van der Waals surface area contributed by atoms with Crippen LogP contribution in [0.1, 0.15) is 6.42 Å². The standard InChI is InChI=1S/C10H12Cl2N2O2S/c11-7-1-2-10(9(12)5-7)17(15,16)14-8-3-4-13-6-8/h1-2,5,8,13-14H,3-4,6H2/t8-/m0/s1. The van der Waals surface area contributed by atoms with Crippen molar-refractivity contribution in [2.45, 2.75) is 17.4 Å². The molecule has 17 heavy (non-hydrogen) atoms. The first kappa shape index (κ1) is 13.1. The van der Waals surface area contributed by atoms with Crippen LogP contribution in [-0.4, -0.2) is 27.5 Å². The molecule has 4 nitrogen and oxygen atoms in total. The molecule has 0 bridgehead atoms. The van der Waals surface area contributed by atoms with Gasteiger partial charge in [-0.15, -0.1) is 0 Å². The molecule has 7 heteroatoms. The van der Waals surface area contributed by atoms with Gasteiger partial charge in [0.05, 0.1) is 5.02 Å². The number of rotatable bonds is 3. The number of benzene rings is 1. The van der Waals surface area contributed by atoms with Gasteiger partial charge in [0.25, 0.3) is 0 Å². The van der Waals surface area contributed by atoms with E-state index in [-0.39, 0.29) is 16.0 Å². The quantitative estimate of drug-likeness (QED) is 0.891. The Morgan fingerprint density at radius 3 is 2.71 bits per heavy atom. The van der Waals surface area contributed by atoms with Gasteiger partial charge in [-0.3, -0.25) is 0 Å². The van der Waals surface area contributed by atoms with E-state index in [2.05, 4.69) is 10.0 Å². The van der Waals surface area contributed by atoms with Gasteiger partial charge < -0.3 is 5.32 Å². The molecule has 1 heterocycles. The summed E-state index contributed by atoms with van der Waals surface area (Å²) in [7, 11) is -3.57. The molecule has 2 rings (SSSR count). The Labute approximate surface area is 110 Å². The van der Waals surface area contributed by atoms with Gasteiger partial charge in [-0.05, 0) is 31.2 Å². The average molecular weight is 295 g/mol. The minimum absolute atomic E-state index is 0.0652. The van der Waals surface area contributed by atoms with Crippen LogP contribution >= 0.6 is 23.2 Å². The van der Waals surface area contributed by atoms with E-state index >= 15 is 0 Å². The largest absolute Gasteiger partial charge is 0.315 e. The highest BCUT2D eigenvalue weighted by molar-refractivity contribution is 7.89. The van der Waals surface area contributed by atoms with Gasteiger partial charge in [-0.2, -0.15) is 0 Å². The molecule has 0 unspecified atom stereocenters. The Morgan fingerprint density at radius 2 is 2.12 bits per heavy atom. The molecule has 2 N–H and O–H groups in total. The van der Waals surface area contributed by atoms with E-state index in [9.17, 15) is 8.42 Å². The number of nitrogens with one attached hydrogen (secondary N) is 2. The van der Waals surface area contributed by atoms with E-state index in [0.717, 1.165) is 13.0 Å². The van der Waals surface area contributed by atoms with Gasteiger partial charge in [0, 0.05) is 17.6 Å². The Kier molecular flexibility index (Phi) is 3.95. The van der Waals surface area contributed by atoms with E-state index in [0.29, 0.717) is 11.6 Å². The molecule has 1 aromatic rings. The van der Waals surface area contributed by atoms with Crippen molar-refractivity contribution < 1.29 is 8.42 Å². The minimum atomic E-state index is -3.57. The van der Waals surface area contributed by atoms with E-state index in [1.165, 1.54) is 18.2 Å². The predicted octanol–water partition coefficient (Wildman–Crippen LogP) is 1.63. The van der Waals surface area contributed by atoms with Gasteiger partial charge in [0.2, 0.25) is 10.0 Å². The highest BCUT2D eigenvalue weighted by Gasteiger charge is 2.24. The molecule has 0 amide bonds. The molecule has 1 aromatic carbocycles. The summed E-state index contributed by atoms with van der Waals surface area (Å²) in [5.41, 5.74) is 0. The van der Waals surface area contributed by atoms with Crippen LogP contribution in [0.3, 0.4) is 0 Å². The maximum Gasteiger partial charge on any atom is 0.242 e. The van der Waals surface area contributed by atoms with Crippen molar-refractivity contribution in [3.63, 3.8) is 0 Å². The summed E-state index contributed by atoms with van der Waals surface area (Å²) in [6, 6.07) is 4.27. The van der Waals surface area contributed by atoms with Crippen LogP contribution in [-0.2, 0) is 10.0 Å². The lowest BCUT2D eigenvalue weighted by Crippen LogP contribution is -2.36. The van der Waals surface area contributed by atoms with Crippen molar-refractivity contribution in [3.8, 4) is 0 Å². The fourth-order valence-corrected chi connectivity index (χ4v) is 3.77.